The molecule has 7 nitrogen and oxygen atoms in total. The fraction of sp³-hybridized carbons (Fsp3) is 0.333. The molecule has 100 valence electrons. The van der Waals surface area contributed by atoms with Crippen LogP contribution in [0.3, 0.4) is 0 Å². The van der Waals surface area contributed by atoms with Crippen molar-refractivity contribution < 1.29 is 9.45 Å². The standard InChI is InChI=1S/C12H14N4O3/c1-8-3-4-10(7-11(8)16(17)18)13-6-5-12-14-9(2)19-15-12/h3-4,7,13H,5-6H2,1-2H3. The van der Waals surface area contributed by atoms with Crippen molar-refractivity contribution in [2.75, 3.05) is 11.9 Å². The van der Waals surface area contributed by atoms with Crippen molar-refractivity contribution in [2.24, 2.45) is 0 Å². The maximum Gasteiger partial charge on any atom is 0.274 e. The van der Waals surface area contributed by atoms with E-state index in [1.807, 2.05) is 6.07 Å². The molecule has 0 unspecified atom stereocenters. The van der Waals surface area contributed by atoms with E-state index < -0.39 is 0 Å². The number of nitro groups is 1. The summed E-state index contributed by atoms with van der Waals surface area (Å²) in [5.41, 5.74) is 1.46. The lowest BCUT2D eigenvalue weighted by Crippen LogP contribution is -2.06. The number of nitrogens with zero attached hydrogens (tertiary/aromatic N) is 3. The molecular formula is C12H14N4O3. The fourth-order valence-corrected chi connectivity index (χ4v) is 1.68. The molecule has 0 atom stereocenters. The van der Waals surface area contributed by atoms with Gasteiger partial charge in [-0.2, -0.15) is 4.98 Å². The normalized spacial score (nSPS) is 10.4. The van der Waals surface area contributed by atoms with Crippen LogP contribution in [0.5, 0.6) is 0 Å². The zero-order valence-corrected chi connectivity index (χ0v) is 10.7. The van der Waals surface area contributed by atoms with Crippen molar-refractivity contribution in [2.45, 2.75) is 20.3 Å². The molecule has 0 saturated carbocycles. The minimum Gasteiger partial charge on any atom is -0.384 e. The lowest BCUT2D eigenvalue weighted by molar-refractivity contribution is -0.385. The average Bonchev–Trinajstić information content (AvgIpc) is 2.77. The predicted octanol–water partition coefficient (Wildman–Crippen LogP) is 2.25. The Hall–Kier alpha value is -2.44. The quantitative estimate of drug-likeness (QED) is 0.656. The molecule has 0 bridgehead atoms. The molecule has 1 aromatic carbocycles. The van der Waals surface area contributed by atoms with E-state index in [-0.39, 0.29) is 10.6 Å². The van der Waals surface area contributed by atoms with Crippen LogP contribution >= 0.6 is 0 Å². The Balaban J connectivity index is 1.96. The number of aryl methyl sites for hydroxylation is 2. The molecule has 0 fully saturated rings. The molecule has 0 amide bonds. The van der Waals surface area contributed by atoms with E-state index in [0.717, 1.165) is 0 Å². The third kappa shape index (κ3) is 3.27. The molecule has 1 heterocycles. The summed E-state index contributed by atoms with van der Waals surface area (Å²) in [6.07, 6.45) is 0.596. The molecule has 0 aliphatic heterocycles. The first-order chi connectivity index (χ1) is 9.06. The summed E-state index contributed by atoms with van der Waals surface area (Å²) < 4.78 is 4.86. The van der Waals surface area contributed by atoms with Crippen LogP contribution < -0.4 is 5.32 Å². The highest BCUT2D eigenvalue weighted by atomic mass is 16.6. The second kappa shape index (κ2) is 5.47. The van der Waals surface area contributed by atoms with Gasteiger partial charge in [0.05, 0.1) is 4.92 Å². The third-order valence-electron chi connectivity index (χ3n) is 2.65. The molecule has 1 aromatic heterocycles. The molecule has 19 heavy (non-hydrogen) atoms. The molecule has 0 radical (unpaired) electrons. The van der Waals surface area contributed by atoms with E-state index in [9.17, 15) is 10.1 Å². The Labute approximate surface area is 109 Å². The highest BCUT2D eigenvalue weighted by Crippen LogP contribution is 2.22. The summed E-state index contributed by atoms with van der Waals surface area (Å²) >= 11 is 0. The van der Waals surface area contributed by atoms with Crippen LogP contribution in [-0.4, -0.2) is 21.6 Å². The molecule has 0 spiro atoms. The maximum atomic E-state index is 10.8. The van der Waals surface area contributed by atoms with Crippen LogP contribution in [0.15, 0.2) is 22.7 Å². The number of nitro benzene ring substituents is 1. The first-order valence-corrected chi connectivity index (χ1v) is 5.84. The van der Waals surface area contributed by atoms with Crippen LogP contribution in [0.25, 0.3) is 0 Å². The maximum absolute atomic E-state index is 10.8. The first-order valence-electron chi connectivity index (χ1n) is 5.84. The number of hydrogen-bond acceptors (Lipinski definition) is 6. The van der Waals surface area contributed by atoms with Gasteiger partial charge in [0.2, 0.25) is 5.89 Å². The molecular weight excluding hydrogens is 248 g/mol. The third-order valence-corrected chi connectivity index (χ3v) is 2.65. The predicted molar refractivity (Wildman–Crippen MR) is 69.1 cm³/mol. The zero-order valence-electron chi connectivity index (χ0n) is 10.7. The van der Waals surface area contributed by atoms with Crippen LogP contribution in [0, 0.1) is 24.0 Å². The molecule has 0 aliphatic carbocycles. The molecule has 1 N–H and O–H groups in total. The Morgan fingerprint density at radius 1 is 1.42 bits per heavy atom. The van der Waals surface area contributed by atoms with Crippen LogP contribution in [0.2, 0.25) is 0 Å². The largest absolute Gasteiger partial charge is 0.384 e. The minimum atomic E-state index is -0.386. The van der Waals surface area contributed by atoms with Crippen molar-refractivity contribution in [1.82, 2.24) is 10.1 Å². The van der Waals surface area contributed by atoms with Crippen molar-refractivity contribution >= 4 is 11.4 Å². The number of anilines is 1. The zero-order chi connectivity index (χ0) is 13.8. The molecule has 7 heteroatoms. The minimum absolute atomic E-state index is 0.111. The summed E-state index contributed by atoms with van der Waals surface area (Å²) in [6.45, 7) is 4.02. The van der Waals surface area contributed by atoms with Gasteiger partial charge in [0, 0.05) is 37.2 Å². The van der Waals surface area contributed by atoms with Crippen LogP contribution in [-0.2, 0) is 6.42 Å². The van der Waals surface area contributed by atoms with Gasteiger partial charge in [0.15, 0.2) is 5.82 Å². The molecule has 2 rings (SSSR count). The highest BCUT2D eigenvalue weighted by Gasteiger charge is 2.10. The van der Waals surface area contributed by atoms with Gasteiger partial charge in [-0.15, -0.1) is 0 Å². The van der Waals surface area contributed by atoms with Gasteiger partial charge in [-0.1, -0.05) is 11.2 Å². The van der Waals surface area contributed by atoms with E-state index >= 15 is 0 Å². The topological polar surface area (TPSA) is 94.1 Å². The van der Waals surface area contributed by atoms with E-state index in [4.69, 9.17) is 4.52 Å². The molecule has 0 saturated heterocycles. The number of benzene rings is 1. The van der Waals surface area contributed by atoms with Gasteiger partial charge in [-0.3, -0.25) is 10.1 Å². The Morgan fingerprint density at radius 3 is 2.84 bits per heavy atom. The highest BCUT2D eigenvalue weighted by molar-refractivity contribution is 5.54. The van der Waals surface area contributed by atoms with Crippen LogP contribution in [0.4, 0.5) is 11.4 Å². The van der Waals surface area contributed by atoms with Crippen LogP contribution in [0.1, 0.15) is 17.3 Å². The van der Waals surface area contributed by atoms with E-state index in [1.165, 1.54) is 6.07 Å². The summed E-state index contributed by atoms with van der Waals surface area (Å²) in [6, 6.07) is 5.06. The van der Waals surface area contributed by atoms with Crippen molar-refractivity contribution in [3.63, 3.8) is 0 Å². The van der Waals surface area contributed by atoms with Gasteiger partial charge in [-0.05, 0) is 13.0 Å². The Bertz CT molecular complexity index is 594. The lowest BCUT2D eigenvalue weighted by Gasteiger charge is -2.05. The lowest BCUT2D eigenvalue weighted by atomic mass is 10.2. The number of aromatic nitrogens is 2. The summed E-state index contributed by atoms with van der Waals surface area (Å²) in [4.78, 5) is 14.5. The Morgan fingerprint density at radius 2 is 2.21 bits per heavy atom. The second-order valence-electron chi connectivity index (χ2n) is 4.16. The number of rotatable bonds is 5. The van der Waals surface area contributed by atoms with E-state index in [2.05, 4.69) is 15.5 Å². The van der Waals surface area contributed by atoms with Crippen molar-refractivity contribution in [1.29, 1.82) is 0 Å². The SMILES string of the molecule is Cc1nc(CCNc2ccc(C)c([N+](=O)[O-])c2)no1. The summed E-state index contributed by atoms with van der Waals surface area (Å²) in [7, 11) is 0. The van der Waals surface area contributed by atoms with Gasteiger partial charge in [0.1, 0.15) is 0 Å². The van der Waals surface area contributed by atoms with Gasteiger partial charge in [-0.25, -0.2) is 0 Å². The second-order valence-corrected chi connectivity index (χ2v) is 4.16. The molecule has 0 aliphatic rings. The van der Waals surface area contributed by atoms with E-state index in [1.54, 1.807) is 19.9 Å². The fourth-order valence-electron chi connectivity index (χ4n) is 1.68. The monoisotopic (exact) mass is 262 g/mol. The van der Waals surface area contributed by atoms with Crippen molar-refractivity contribution in [3.05, 3.63) is 45.6 Å². The summed E-state index contributed by atoms with van der Waals surface area (Å²) in [5.74, 6) is 1.15. The van der Waals surface area contributed by atoms with Gasteiger partial charge < -0.3 is 9.84 Å². The summed E-state index contributed by atoms with van der Waals surface area (Å²) in [5, 5.41) is 17.7. The van der Waals surface area contributed by atoms with Gasteiger partial charge >= 0.3 is 0 Å². The average molecular weight is 262 g/mol. The van der Waals surface area contributed by atoms with Crippen molar-refractivity contribution in [3.8, 4) is 0 Å². The number of nitrogens with one attached hydrogen (secondary N) is 1. The number of hydrogen-bond donors (Lipinski definition) is 1. The van der Waals surface area contributed by atoms with Gasteiger partial charge in [0.25, 0.3) is 5.69 Å². The Kier molecular flexibility index (Phi) is 3.74. The smallest absolute Gasteiger partial charge is 0.274 e. The first kappa shape index (κ1) is 13.0. The molecule has 2 aromatic rings. The van der Waals surface area contributed by atoms with E-state index in [0.29, 0.717) is 35.9 Å².